The Morgan fingerprint density at radius 3 is 2.94 bits per heavy atom. The summed E-state index contributed by atoms with van der Waals surface area (Å²) < 4.78 is 6.61. The Balaban J connectivity index is 1.87. The molecule has 1 heterocycles. The van der Waals surface area contributed by atoms with Gasteiger partial charge >= 0.3 is 0 Å². The molecule has 88 valence electrons. The minimum atomic E-state index is 0.436. The van der Waals surface area contributed by atoms with Crippen LogP contribution in [-0.4, -0.2) is 11.6 Å². The minimum Gasteiger partial charge on any atom is -0.477 e. The molecule has 0 bridgehead atoms. The first-order valence-corrected chi connectivity index (χ1v) is 6.95. The van der Waals surface area contributed by atoms with Gasteiger partial charge in [-0.1, -0.05) is 19.3 Å². The lowest BCUT2D eigenvalue weighted by Gasteiger charge is -2.25. The largest absolute Gasteiger partial charge is 0.477 e. The Labute approximate surface area is 109 Å². The van der Waals surface area contributed by atoms with Gasteiger partial charge in [0.05, 0.1) is 12.5 Å². The summed E-state index contributed by atoms with van der Waals surface area (Å²) in [5, 5.41) is 0. The van der Waals surface area contributed by atoms with Crippen molar-refractivity contribution in [3.05, 3.63) is 22.3 Å². The average molecular weight is 305 g/mol. The topological polar surface area (TPSA) is 22.1 Å². The molecule has 1 aromatic heterocycles. The monoisotopic (exact) mass is 303 g/mol. The Morgan fingerprint density at radius 2 is 2.31 bits per heavy atom. The molecule has 1 fully saturated rings. The highest BCUT2D eigenvalue weighted by molar-refractivity contribution is 9.10. The predicted molar refractivity (Wildman–Crippen MR) is 68.9 cm³/mol. The first-order valence-electron chi connectivity index (χ1n) is 5.63. The van der Waals surface area contributed by atoms with Crippen molar-refractivity contribution in [3.8, 4) is 5.88 Å². The van der Waals surface area contributed by atoms with Crippen LogP contribution in [0.15, 0.2) is 16.7 Å². The van der Waals surface area contributed by atoms with Crippen LogP contribution >= 0.6 is 27.5 Å². The number of hydrogen-bond donors (Lipinski definition) is 0. The summed E-state index contributed by atoms with van der Waals surface area (Å²) in [5.41, 5.74) is 0.949. The molecule has 1 aliphatic rings. The Kier molecular flexibility index (Phi) is 4.47. The molecule has 2 rings (SSSR count). The van der Waals surface area contributed by atoms with Crippen molar-refractivity contribution in [1.82, 2.24) is 4.98 Å². The number of ether oxygens (including phenoxy) is 1. The first kappa shape index (κ1) is 12.2. The van der Waals surface area contributed by atoms with Crippen LogP contribution < -0.4 is 4.74 Å². The van der Waals surface area contributed by atoms with Gasteiger partial charge in [0.15, 0.2) is 0 Å². The molecule has 0 radical (unpaired) electrons. The van der Waals surface area contributed by atoms with Crippen LogP contribution in [-0.2, 0) is 5.88 Å². The molecule has 1 aliphatic carbocycles. The Morgan fingerprint density at radius 1 is 1.50 bits per heavy atom. The number of alkyl halides is 1. The molecule has 0 N–H and O–H groups in total. The van der Waals surface area contributed by atoms with Crippen LogP contribution in [0.5, 0.6) is 5.88 Å². The van der Waals surface area contributed by atoms with Crippen LogP contribution in [0.25, 0.3) is 0 Å². The number of rotatable bonds is 5. The van der Waals surface area contributed by atoms with E-state index in [1.165, 1.54) is 19.3 Å². The molecule has 0 amide bonds. The van der Waals surface area contributed by atoms with Gasteiger partial charge in [0.2, 0.25) is 5.88 Å². The van der Waals surface area contributed by atoms with Crippen molar-refractivity contribution < 1.29 is 4.74 Å². The summed E-state index contributed by atoms with van der Waals surface area (Å²) in [6.07, 6.45) is 6.99. The fraction of sp³-hybridized carbons (Fsp3) is 0.583. The van der Waals surface area contributed by atoms with Gasteiger partial charge in [0.1, 0.15) is 0 Å². The molecule has 0 spiro atoms. The second-order valence-electron chi connectivity index (χ2n) is 4.19. The highest BCUT2D eigenvalue weighted by atomic mass is 79.9. The smallest absolute Gasteiger partial charge is 0.217 e. The van der Waals surface area contributed by atoms with E-state index in [4.69, 9.17) is 16.3 Å². The molecule has 0 aliphatic heterocycles. The van der Waals surface area contributed by atoms with E-state index in [-0.39, 0.29) is 0 Å². The second-order valence-corrected chi connectivity index (χ2v) is 5.37. The van der Waals surface area contributed by atoms with Crippen LogP contribution in [0.2, 0.25) is 0 Å². The van der Waals surface area contributed by atoms with Gasteiger partial charge in [-0.15, -0.1) is 11.6 Å². The highest BCUT2D eigenvalue weighted by Crippen LogP contribution is 2.29. The average Bonchev–Trinajstić information content (AvgIpc) is 2.23. The van der Waals surface area contributed by atoms with E-state index in [2.05, 4.69) is 20.9 Å². The third-order valence-electron chi connectivity index (χ3n) is 3.03. The number of aromatic nitrogens is 1. The van der Waals surface area contributed by atoms with Gasteiger partial charge in [0.25, 0.3) is 0 Å². The standard InChI is InChI=1S/C12H15BrClNO/c13-11-6-10(7-14)12(15-8-11)16-5-4-9-2-1-3-9/h6,8-9H,1-5,7H2. The minimum absolute atomic E-state index is 0.436. The highest BCUT2D eigenvalue weighted by Gasteiger charge is 2.17. The van der Waals surface area contributed by atoms with Gasteiger partial charge in [0, 0.05) is 16.2 Å². The van der Waals surface area contributed by atoms with E-state index in [1.807, 2.05) is 6.07 Å². The molecular weight excluding hydrogens is 289 g/mol. The van der Waals surface area contributed by atoms with Gasteiger partial charge in [-0.3, -0.25) is 0 Å². The summed E-state index contributed by atoms with van der Waals surface area (Å²) in [5.74, 6) is 1.98. The van der Waals surface area contributed by atoms with Crippen molar-refractivity contribution in [2.75, 3.05) is 6.61 Å². The third-order valence-corrected chi connectivity index (χ3v) is 3.75. The SMILES string of the molecule is ClCc1cc(Br)cnc1OCCC1CCC1. The normalized spacial score (nSPS) is 15.9. The molecule has 0 unspecified atom stereocenters. The predicted octanol–water partition coefficient (Wildman–Crippen LogP) is 4.15. The maximum Gasteiger partial charge on any atom is 0.217 e. The summed E-state index contributed by atoms with van der Waals surface area (Å²) >= 11 is 9.22. The molecule has 0 aromatic carbocycles. The van der Waals surface area contributed by atoms with E-state index < -0.39 is 0 Å². The Bertz CT molecular complexity index is 355. The number of nitrogens with zero attached hydrogens (tertiary/aromatic N) is 1. The van der Waals surface area contributed by atoms with Gasteiger partial charge < -0.3 is 4.74 Å². The van der Waals surface area contributed by atoms with Crippen molar-refractivity contribution in [1.29, 1.82) is 0 Å². The molecule has 0 saturated heterocycles. The zero-order valence-corrected chi connectivity index (χ0v) is 11.4. The quantitative estimate of drug-likeness (QED) is 0.762. The first-order chi connectivity index (χ1) is 7.79. The van der Waals surface area contributed by atoms with E-state index in [1.54, 1.807) is 6.20 Å². The van der Waals surface area contributed by atoms with Crippen molar-refractivity contribution in [3.63, 3.8) is 0 Å². The molecule has 0 atom stereocenters. The molecule has 2 nitrogen and oxygen atoms in total. The van der Waals surface area contributed by atoms with E-state index in [0.717, 1.165) is 29.0 Å². The van der Waals surface area contributed by atoms with E-state index >= 15 is 0 Å². The molecular formula is C12H15BrClNO. The fourth-order valence-electron chi connectivity index (χ4n) is 1.80. The third kappa shape index (κ3) is 3.11. The van der Waals surface area contributed by atoms with Crippen LogP contribution in [0.3, 0.4) is 0 Å². The molecule has 4 heteroatoms. The van der Waals surface area contributed by atoms with E-state index in [0.29, 0.717) is 11.8 Å². The number of hydrogen-bond acceptors (Lipinski definition) is 2. The van der Waals surface area contributed by atoms with Crippen molar-refractivity contribution in [2.45, 2.75) is 31.6 Å². The Hall–Kier alpha value is -0.280. The van der Waals surface area contributed by atoms with Crippen LogP contribution in [0.1, 0.15) is 31.2 Å². The van der Waals surface area contributed by atoms with Crippen LogP contribution in [0, 0.1) is 5.92 Å². The fourth-order valence-corrected chi connectivity index (χ4v) is 2.37. The van der Waals surface area contributed by atoms with Gasteiger partial charge in [-0.2, -0.15) is 0 Å². The lowest BCUT2D eigenvalue weighted by Crippen LogP contribution is -2.15. The molecule has 16 heavy (non-hydrogen) atoms. The lowest BCUT2D eigenvalue weighted by molar-refractivity contribution is 0.216. The van der Waals surface area contributed by atoms with Crippen molar-refractivity contribution in [2.24, 2.45) is 5.92 Å². The zero-order valence-electron chi connectivity index (χ0n) is 9.09. The maximum absolute atomic E-state index is 5.84. The van der Waals surface area contributed by atoms with Gasteiger partial charge in [-0.25, -0.2) is 4.98 Å². The lowest BCUT2D eigenvalue weighted by atomic mass is 9.83. The zero-order chi connectivity index (χ0) is 11.4. The number of pyridine rings is 1. The number of halogens is 2. The van der Waals surface area contributed by atoms with Crippen LogP contribution in [0.4, 0.5) is 0 Å². The maximum atomic E-state index is 5.84. The summed E-state index contributed by atoms with van der Waals surface area (Å²) in [6, 6.07) is 1.96. The molecule has 1 saturated carbocycles. The summed E-state index contributed by atoms with van der Waals surface area (Å²) in [4.78, 5) is 4.24. The second kappa shape index (κ2) is 5.87. The van der Waals surface area contributed by atoms with Crippen molar-refractivity contribution >= 4 is 27.5 Å². The van der Waals surface area contributed by atoms with Gasteiger partial charge in [-0.05, 0) is 34.3 Å². The summed E-state index contributed by atoms with van der Waals surface area (Å²) in [6.45, 7) is 0.753. The molecule has 1 aromatic rings. The van der Waals surface area contributed by atoms with E-state index in [9.17, 15) is 0 Å². The summed E-state index contributed by atoms with van der Waals surface area (Å²) in [7, 11) is 0.